The van der Waals surface area contributed by atoms with Gasteiger partial charge in [0.15, 0.2) is 11.8 Å². The SMILES string of the molecule is O=C(O)COc1cc(=O)n(-c2ccccc2)c(SCc2ccccc2)n1. The Balaban J connectivity index is 1.96. The lowest BCUT2D eigenvalue weighted by atomic mass is 10.2. The van der Waals surface area contributed by atoms with Crippen molar-refractivity contribution in [3.8, 4) is 11.6 Å². The average Bonchev–Trinajstić information content (AvgIpc) is 2.66. The van der Waals surface area contributed by atoms with Crippen molar-refractivity contribution in [1.82, 2.24) is 9.55 Å². The highest BCUT2D eigenvalue weighted by molar-refractivity contribution is 7.98. The Hall–Kier alpha value is -3.06. The maximum Gasteiger partial charge on any atom is 0.341 e. The molecule has 0 aliphatic heterocycles. The molecular weight excluding hydrogens is 352 g/mol. The number of aromatic nitrogens is 2. The van der Waals surface area contributed by atoms with E-state index in [1.807, 2.05) is 60.7 Å². The number of thioether (sulfide) groups is 1. The zero-order valence-corrected chi connectivity index (χ0v) is 14.6. The summed E-state index contributed by atoms with van der Waals surface area (Å²) in [5.41, 5.74) is 1.44. The van der Waals surface area contributed by atoms with Gasteiger partial charge in [-0.15, -0.1) is 0 Å². The van der Waals surface area contributed by atoms with E-state index in [2.05, 4.69) is 4.98 Å². The summed E-state index contributed by atoms with van der Waals surface area (Å²) in [6.07, 6.45) is 0. The molecule has 0 aliphatic carbocycles. The number of para-hydroxylation sites is 1. The van der Waals surface area contributed by atoms with E-state index in [0.717, 1.165) is 5.56 Å². The van der Waals surface area contributed by atoms with E-state index in [9.17, 15) is 9.59 Å². The normalized spacial score (nSPS) is 10.5. The highest BCUT2D eigenvalue weighted by atomic mass is 32.2. The fourth-order valence-electron chi connectivity index (χ4n) is 2.28. The van der Waals surface area contributed by atoms with Crippen LogP contribution >= 0.6 is 11.8 Å². The number of nitrogens with zero attached hydrogens (tertiary/aromatic N) is 2. The molecule has 0 radical (unpaired) electrons. The molecule has 0 saturated carbocycles. The maximum atomic E-state index is 12.6. The number of aliphatic carboxylic acids is 1. The van der Waals surface area contributed by atoms with Gasteiger partial charge in [-0.2, -0.15) is 4.98 Å². The summed E-state index contributed by atoms with van der Waals surface area (Å²) in [6.45, 7) is -0.551. The number of carboxylic acid groups (broad SMARTS) is 1. The minimum absolute atomic E-state index is 0.000132. The lowest BCUT2D eigenvalue weighted by molar-refractivity contribution is -0.139. The van der Waals surface area contributed by atoms with Gasteiger partial charge in [0.25, 0.3) is 5.56 Å². The van der Waals surface area contributed by atoms with Crippen LogP contribution in [-0.4, -0.2) is 27.2 Å². The summed E-state index contributed by atoms with van der Waals surface area (Å²) in [7, 11) is 0. The van der Waals surface area contributed by atoms with E-state index in [0.29, 0.717) is 16.6 Å². The topological polar surface area (TPSA) is 81.4 Å². The molecule has 7 heteroatoms. The summed E-state index contributed by atoms with van der Waals surface area (Å²) >= 11 is 1.38. The first kappa shape index (κ1) is 17.8. The van der Waals surface area contributed by atoms with Crippen LogP contribution in [0.3, 0.4) is 0 Å². The number of benzene rings is 2. The summed E-state index contributed by atoms with van der Waals surface area (Å²) < 4.78 is 6.58. The molecule has 0 amide bonds. The van der Waals surface area contributed by atoms with Gasteiger partial charge >= 0.3 is 5.97 Å². The van der Waals surface area contributed by atoms with E-state index >= 15 is 0 Å². The van der Waals surface area contributed by atoms with E-state index in [4.69, 9.17) is 9.84 Å². The number of hydrogen-bond acceptors (Lipinski definition) is 5. The zero-order chi connectivity index (χ0) is 18.4. The molecule has 0 unspecified atom stereocenters. The van der Waals surface area contributed by atoms with Crippen LogP contribution in [0.1, 0.15) is 5.56 Å². The van der Waals surface area contributed by atoms with Crippen LogP contribution in [0.15, 0.2) is 76.7 Å². The Labute approximate surface area is 154 Å². The van der Waals surface area contributed by atoms with Gasteiger partial charge in [0.05, 0.1) is 11.8 Å². The van der Waals surface area contributed by atoms with Gasteiger partial charge in [-0.25, -0.2) is 4.79 Å². The number of carboxylic acids is 1. The largest absolute Gasteiger partial charge is 0.479 e. The van der Waals surface area contributed by atoms with E-state index in [1.54, 1.807) is 0 Å². The quantitative estimate of drug-likeness (QED) is 0.510. The van der Waals surface area contributed by atoms with Crippen LogP contribution in [0.25, 0.3) is 5.69 Å². The molecule has 0 bridgehead atoms. The summed E-state index contributed by atoms with van der Waals surface area (Å²) in [6, 6.07) is 20.2. The van der Waals surface area contributed by atoms with Crippen LogP contribution in [-0.2, 0) is 10.5 Å². The van der Waals surface area contributed by atoms with Crippen molar-refractivity contribution in [3.05, 3.63) is 82.6 Å². The predicted octanol–water partition coefficient (Wildman–Crippen LogP) is 2.99. The number of carbonyl (C=O) groups is 1. The highest BCUT2D eigenvalue weighted by Crippen LogP contribution is 2.24. The minimum Gasteiger partial charge on any atom is -0.479 e. The van der Waals surface area contributed by atoms with E-state index in [1.165, 1.54) is 22.4 Å². The Morgan fingerprint density at radius 1 is 1.08 bits per heavy atom. The first-order chi connectivity index (χ1) is 12.6. The van der Waals surface area contributed by atoms with Gasteiger partial charge < -0.3 is 9.84 Å². The van der Waals surface area contributed by atoms with Crippen LogP contribution in [0.4, 0.5) is 0 Å². The molecule has 1 heterocycles. The van der Waals surface area contributed by atoms with Crippen molar-refractivity contribution in [3.63, 3.8) is 0 Å². The standard InChI is InChI=1S/C19H16N2O4S/c22-17-11-16(25-12-18(23)24)20-19(21(17)15-9-5-2-6-10-15)26-13-14-7-3-1-4-8-14/h1-11H,12-13H2,(H,23,24). The molecule has 132 valence electrons. The average molecular weight is 368 g/mol. The van der Waals surface area contributed by atoms with Crippen LogP contribution < -0.4 is 10.3 Å². The van der Waals surface area contributed by atoms with E-state index in [-0.39, 0.29) is 11.4 Å². The smallest absolute Gasteiger partial charge is 0.341 e. The molecule has 2 aromatic carbocycles. The Kier molecular flexibility index (Phi) is 5.70. The molecular formula is C19H16N2O4S. The van der Waals surface area contributed by atoms with Gasteiger partial charge in [0, 0.05) is 5.75 Å². The third-order valence-corrected chi connectivity index (χ3v) is 4.44. The minimum atomic E-state index is -1.13. The van der Waals surface area contributed by atoms with Gasteiger partial charge in [-0.1, -0.05) is 60.3 Å². The second-order valence-electron chi connectivity index (χ2n) is 5.34. The van der Waals surface area contributed by atoms with E-state index < -0.39 is 12.6 Å². The molecule has 3 aromatic rings. The third-order valence-electron chi connectivity index (χ3n) is 3.43. The molecule has 1 N–H and O–H groups in total. The molecule has 0 atom stereocenters. The van der Waals surface area contributed by atoms with Gasteiger partial charge in [-0.05, 0) is 17.7 Å². The number of hydrogen-bond donors (Lipinski definition) is 1. The predicted molar refractivity (Wildman–Crippen MR) is 99.0 cm³/mol. The van der Waals surface area contributed by atoms with Gasteiger partial charge in [0.1, 0.15) is 0 Å². The van der Waals surface area contributed by atoms with Crippen molar-refractivity contribution < 1.29 is 14.6 Å². The molecule has 26 heavy (non-hydrogen) atoms. The number of ether oxygens (including phenoxy) is 1. The zero-order valence-electron chi connectivity index (χ0n) is 13.7. The second-order valence-corrected chi connectivity index (χ2v) is 6.29. The molecule has 6 nitrogen and oxygen atoms in total. The van der Waals surface area contributed by atoms with Crippen molar-refractivity contribution >= 4 is 17.7 Å². The molecule has 3 rings (SSSR count). The van der Waals surface area contributed by atoms with Gasteiger partial charge in [0.2, 0.25) is 5.88 Å². The lowest BCUT2D eigenvalue weighted by Crippen LogP contribution is -2.22. The van der Waals surface area contributed by atoms with Crippen LogP contribution in [0, 0.1) is 0 Å². The molecule has 0 saturated heterocycles. The molecule has 0 aliphatic rings. The fourth-order valence-corrected chi connectivity index (χ4v) is 3.25. The monoisotopic (exact) mass is 368 g/mol. The molecule has 1 aromatic heterocycles. The number of rotatable bonds is 7. The van der Waals surface area contributed by atoms with Crippen molar-refractivity contribution in [2.45, 2.75) is 10.9 Å². The second kappa shape index (κ2) is 8.35. The first-order valence-corrected chi connectivity index (χ1v) is 8.83. The Morgan fingerprint density at radius 2 is 1.73 bits per heavy atom. The highest BCUT2D eigenvalue weighted by Gasteiger charge is 2.13. The first-order valence-electron chi connectivity index (χ1n) is 7.84. The van der Waals surface area contributed by atoms with Crippen molar-refractivity contribution in [2.75, 3.05) is 6.61 Å². The molecule has 0 spiro atoms. The summed E-state index contributed by atoms with van der Waals surface area (Å²) in [5.74, 6) is -0.514. The van der Waals surface area contributed by atoms with Crippen molar-refractivity contribution in [1.29, 1.82) is 0 Å². The summed E-state index contributed by atoms with van der Waals surface area (Å²) in [4.78, 5) is 27.6. The Bertz CT molecular complexity index is 943. The lowest BCUT2D eigenvalue weighted by Gasteiger charge is -2.13. The van der Waals surface area contributed by atoms with Crippen LogP contribution in [0.5, 0.6) is 5.88 Å². The summed E-state index contributed by atoms with van der Waals surface area (Å²) in [5, 5.41) is 9.19. The van der Waals surface area contributed by atoms with Crippen LogP contribution in [0.2, 0.25) is 0 Å². The van der Waals surface area contributed by atoms with Gasteiger partial charge in [-0.3, -0.25) is 9.36 Å². The third kappa shape index (κ3) is 4.52. The fraction of sp³-hybridized carbons (Fsp3) is 0.105. The maximum absolute atomic E-state index is 12.6. The molecule has 0 fully saturated rings. The Morgan fingerprint density at radius 3 is 2.38 bits per heavy atom. The van der Waals surface area contributed by atoms with Crippen molar-refractivity contribution in [2.24, 2.45) is 0 Å².